The average Bonchev–Trinajstić information content (AvgIpc) is 2.65. The van der Waals surface area contributed by atoms with Crippen LogP contribution in [0.5, 0.6) is 17.2 Å². The second-order valence-corrected chi connectivity index (χ2v) is 6.49. The van der Waals surface area contributed by atoms with E-state index in [0.717, 1.165) is 28.2 Å². The fourth-order valence-corrected chi connectivity index (χ4v) is 3.67. The van der Waals surface area contributed by atoms with E-state index in [0.29, 0.717) is 5.75 Å². The van der Waals surface area contributed by atoms with Crippen molar-refractivity contribution in [2.24, 2.45) is 5.92 Å². The summed E-state index contributed by atoms with van der Waals surface area (Å²) in [5.41, 5.74) is 3.06. The Hall–Kier alpha value is -2.43. The summed E-state index contributed by atoms with van der Waals surface area (Å²) in [7, 11) is 6.34. The van der Waals surface area contributed by atoms with Gasteiger partial charge in [0.1, 0.15) is 5.75 Å². The highest BCUT2D eigenvalue weighted by Gasteiger charge is 2.34. The second kappa shape index (κ2) is 8.30. The van der Waals surface area contributed by atoms with Crippen LogP contribution in [-0.2, 0) is 9.53 Å². The van der Waals surface area contributed by atoms with E-state index < -0.39 is 0 Å². The Balaban J connectivity index is 2.67. The van der Waals surface area contributed by atoms with Crippen LogP contribution in [0.15, 0.2) is 24.3 Å². The van der Waals surface area contributed by atoms with Crippen molar-refractivity contribution in [3.8, 4) is 17.2 Å². The Labute approximate surface area is 155 Å². The minimum atomic E-state index is -0.360. The van der Waals surface area contributed by atoms with E-state index in [1.165, 1.54) is 13.2 Å². The molecule has 0 aromatic heterocycles. The van der Waals surface area contributed by atoms with E-state index in [2.05, 4.69) is 26.0 Å². The normalized spacial score (nSPS) is 19.8. The number of ether oxygens (including phenoxy) is 4. The van der Waals surface area contributed by atoms with Crippen LogP contribution in [0.2, 0.25) is 0 Å². The molecule has 0 N–H and O–H groups in total. The van der Waals surface area contributed by atoms with Crippen LogP contribution in [0.1, 0.15) is 42.4 Å². The molecule has 1 aromatic carbocycles. The van der Waals surface area contributed by atoms with Crippen LogP contribution < -0.4 is 14.2 Å². The summed E-state index contributed by atoms with van der Waals surface area (Å²) < 4.78 is 21.8. The number of fused-ring (bicyclic) bond motifs is 1. The zero-order chi connectivity index (χ0) is 19.4. The number of esters is 1. The molecule has 0 radical (unpaired) electrons. The SMILES string of the molecule is COC(=O)C=C[C@H](C)[C@H]1C=C[C@H](C)c2c(OC)c(OC)c(C)c(OC)c21. The Morgan fingerprint density at radius 1 is 1.00 bits per heavy atom. The lowest BCUT2D eigenvalue weighted by Crippen LogP contribution is -2.17. The third-order valence-electron chi connectivity index (χ3n) is 4.98. The van der Waals surface area contributed by atoms with Gasteiger partial charge < -0.3 is 18.9 Å². The van der Waals surface area contributed by atoms with E-state index in [1.54, 1.807) is 21.3 Å². The number of benzene rings is 1. The number of hydrogen-bond acceptors (Lipinski definition) is 5. The molecule has 0 saturated carbocycles. The molecular weight excluding hydrogens is 332 g/mol. The number of carbonyl (C=O) groups is 1. The predicted octanol–water partition coefficient (Wildman–Crippen LogP) is 4.14. The van der Waals surface area contributed by atoms with E-state index in [9.17, 15) is 4.79 Å². The molecule has 1 aliphatic rings. The number of carbonyl (C=O) groups excluding carboxylic acids is 1. The van der Waals surface area contributed by atoms with Gasteiger partial charge in [0.25, 0.3) is 0 Å². The van der Waals surface area contributed by atoms with Gasteiger partial charge in [-0.1, -0.05) is 32.1 Å². The Kier molecular flexibility index (Phi) is 6.35. The highest BCUT2D eigenvalue weighted by molar-refractivity contribution is 5.81. The molecular formula is C21H28O5. The van der Waals surface area contributed by atoms with Gasteiger partial charge in [0.15, 0.2) is 11.5 Å². The van der Waals surface area contributed by atoms with Gasteiger partial charge in [-0.3, -0.25) is 0 Å². The van der Waals surface area contributed by atoms with Crippen molar-refractivity contribution in [3.05, 3.63) is 41.0 Å². The Morgan fingerprint density at radius 3 is 2.15 bits per heavy atom. The van der Waals surface area contributed by atoms with Crippen LogP contribution in [0.3, 0.4) is 0 Å². The molecule has 0 amide bonds. The molecule has 0 unspecified atom stereocenters. The highest BCUT2D eigenvalue weighted by atomic mass is 16.5. The second-order valence-electron chi connectivity index (χ2n) is 6.49. The molecule has 26 heavy (non-hydrogen) atoms. The topological polar surface area (TPSA) is 54.0 Å². The first-order chi connectivity index (χ1) is 12.4. The van der Waals surface area contributed by atoms with Gasteiger partial charge in [-0.2, -0.15) is 0 Å². The lowest BCUT2D eigenvalue weighted by atomic mass is 9.75. The van der Waals surface area contributed by atoms with Crippen LogP contribution in [0.4, 0.5) is 0 Å². The summed E-state index contributed by atoms with van der Waals surface area (Å²) in [5, 5.41) is 0. The van der Waals surface area contributed by atoms with Crippen molar-refractivity contribution in [1.29, 1.82) is 0 Å². The van der Waals surface area contributed by atoms with Crippen LogP contribution in [-0.4, -0.2) is 34.4 Å². The molecule has 0 saturated heterocycles. The first kappa shape index (κ1) is 19.9. The van der Waals surface area contributed by atoms with Crippen molar-refractivity contribution >= 4 is 5.97 Å². The van der Waals surface area contributed by atoms with Gasteiger partial charge in [0, 0.05) is 34.6 Å². The smallest absolute Gasteiger partial charge is 0.330 e. The summed E-state index contributed by atoms with van der Waals surface area (Å²) in [6.07, 6.45) is 7.67. The molecule has 5 heteroatoms. The molecule has 0 fully saturated rings. The van der Waals surface area contributed by atoms with Gasteiger partial charge in [0.05, 0.1) is 28.4 Å². The molecule has 0 bridgehead atoms. The number of methoxy groups -OCH3 is 4. The molecule has 0 aliphatic heterocycles. The number of hydrogen-bond donors (Lipinski definition) is 0. The lowest BCUT2D eigenvalue weighted by molar-refractivity contribution is -0.134. The Bertz CT molecular complexity index is 733. The first-order valence-electron chi connectivity index (χ1n) is 8.67. The minimum Gasteiger partial charge on any atom is -0.496 e. The zero-order valence-electron chi connectivity index (χ0n) is 16.6. The molecule has 1 aliphatic carbocycles. The van der Waals surface area contributed by atoms with Gasteiger partial charge >= 0.3 is 5.97 Å². The van der Waals surface area contributed by atoms with Crippen LogP contribution in [0, 0.1) is 12.8 Å². The van der Waals surface area contributed by atoms with Crippen molar-refractivity contribution in [3.63, 3.8) is 0 Å². The van der Waals surface area contributed by atoms with Crippen molar-refractivity contribution in [1.82, 2.24) is 0 Å². The largest absolute Gasteiger partial charge is 0.496 e. The van der Waals surface area contributed by atoms with E-state index in [4.69, 9.17) is 18.9 Å². The third-order valence-corrected chi connectivity index (χ3v) is 4.98. The maximum absolute atomic E-state index is 11.5. The lowest BCUT2D eigenvalue weighted by Gasteiger charge is -2.32. The molecule has 5 nitrogen and oxygen atoms in total. The fourth-order valence-electron chi connectivity index (χ4n) is 3.67. The predicted molar refractivity (Wildman–Crippen MR) is 101 cm³/mol. The Morgan fingerprint density at radius 2 is 1.62 bits per heavy atom. The maximum atomic E-state index is 11.5. The maximum Gasteiger partial charge on any atom is 0.330 e. The summed E-state index contributed by atoms with van der Waals surface area (Å²) >= 11 is 0. The molecule has 0 spiro atoms. The highest BCUT2D eigenvalue weighted by Crippen LogP contribution is 2.53. The van der Waals surface area contributed by atoms with Gasteiger partial charge in [0.2, 0.25) is 0 Å². The van der Waals surface area contributed by atoms with Gasteiger partial charge in [-0.15, -0.1) is 0 Å². The zero-order valence-corrected chi connectivity index (χ0v) is 16.6. The van der Waals surface area contributed by atoms with Gasteiger partial charge in [-0.25, -0.2) is 4.79 Å². The molecule has 2 rings (SSSR count). The molecule has 3 atom stereocenters. The summed E-state index contributed by atoms with van der Waals surface area (Å²) in [4.78, 5) is 11.5. The monoisotopic (exact) mass is 360 g/mol. The fraction of sp³-hybridized carbons (Fsp3) is 0.476. The van der Waals surface area contributed by atoms with Crippen LogP contribution >= 0.6 is 0 Å². The van der Waals surface area contributed by atoms with Crippen molar-refractivity contribution in [2.45, 2.75) is 32.6 Å². The summed E-state index contributed by atoms with van der Waals surface area (Å²) in [6, 6.07) is 0. The van der Waals surface area contributed by atoms with Crippen LogP contribution in [0.25, 0.3) is 0 Å². The average molecular weight is 360 g/mol. The van der Waals surface area contributed by atoms with Gasteiger partial charge in [-0.05, 0) is 12.8 Å². The van der Waals surface area contributed by atoms with E-state index in [-0.39, 0.29) is 23.7 Å². The minimum absolute atomic E-state index is 0.0514. The quantitative estimate of drug-likeness (QED) is 0.433. The first-order valence-corrected chi connectivity index (χ1v) is 8.67. The van der Waals surface area contributed by atoms with Crippen molar-refractivity contribution < 1.29 is 23.7 Å². The molecule has 0 heterocycles. The third kappa shape index (κ3) is 3.43. The molecule has 142 valence electrons. The summed E-state index contributed by atoms with van der Waals surface area (Å²) in [5.74, 6) is 2.17. The standard InChI is InChI=1S/C21H28O5/c1-12(9-11-16(22)23-4)15-10-8-13(2)17-18(15)19(24-5)14(3)20(25-6)21(17)26-7/h8-13,15H,1-7H3/t12-,13-,15+/m0/s1. The van der Waals surface area contributed by atoms with Crippen molar-refractivity contribution in [2.75, 3.05) is 28.4 Å². The number of rotatable bonds is 6. The van der Waals surface area contributed by atoms with E-state index >= 15 is 0 Å². The number of allylic oxidation sites excluding steroid dienone is 3. The van der Waals surface area contributed by atoms with E-state index in [1.807, 2.05) is 13.0 Å². The summed E-state index contributed by atoms with van der Waals surface area (Å²) in [6.45, 7) is 6.16. The molecule has 1 aromatic rings.